The molecule has 0 bridgehead atoms. The van der Waals surface area contributed by atoms with Crippen molar-refractivity contribution in [2.45, 2.75) is 11.5 Å². The van der Waals surface area contributed by atoms with Crippen molar-refractivity contribution in [1.82, 2.24) is 0 Å². The van der Waals surface area contributed by atoms with Crippen LogP contribution < -0.4 is 8.92 Å². The van der Waals surface area contributed by atoms with E-state index in [9.17, 15) is 30.4 Å². The van der Waals surface area contributed by atoms with E-state index in [1.807, 2.05) is 30.3 Å². The van der Waals surface area contributed by atoms with Gasteiger partial charge in [-0.1, -0.05) is 30.3 Å². The molecule has 0 heterocycles. The van der Waals surface area contributed by atoms with Crippen molar-refractivity contribution in [3.63, 3.8) is 0 Å². The SMILES string of the molecule is O=S(=O)(Oc1c(F)c(F)c(F)c(F)c1F)c1ccc(OCc2ccccc2)cc1. The van der Waals surface area contributed by atoms with Crippen LogP contribution in [0.5, 0.6) is 11.5 Å². The predicted octanol–water partition coefficient (Wildman–Crippen LogP) is 4.73. The van der Waals surface area contributed by atoms with Crippen LogP contribution in [0.2, 0.25) is 0 Å². The van der Waals surface area contributed by atoms with Gasteiger partial charge in [-0.25, -0.2) is 13.2 Å². The Morgan fingerprint density at radius 3 is 1.76 bits per heavy atom. The summed E-state index contributed by atoms with van der Waals surface area (Å²) in [4.78, 5) is -0.575. The third-order valence-electron chi connectivity index (χ3n) is 3.72. The summed E-state index contributed by atoms with van der Waals surface area (Å²) in [6.45, 7) is 0.202. The summed E-state index contributed by atoms with van der Waals surface area (Å²) >= 11 is 0. The number of benzene rings is 3. The molecule has 0 radical (unpaired) electrons. The highest BCUT2D eigenvalue weighted by Crippen LogP contribution is 2.31. The molecule has 0 saturated heterocycles. The lowest BCUT2D eigenvalue weighted by Gasteiger charge is -2.11. The van der Waals surface area contributed by atoms with E-state index in [1.54, 1.807) is 0 Å². The summed E-state index contributed by atoms with van der Waals surface area (Å²) in [5.74, 6) is -13.5. The highest BCUT2D eigenvalue weighted by atomic mass is 32.2. The van der Waals surface area contributed by atoms with Crippen molar-refractivity contribution in [1.29, 1.82) is 0 Å². The van der Waals surface area contributed by atoms with E-state index >= 15 is 0 Å². The molecule has 4 nitrogen and oxygen atoms in total. The van der Waals surface area contributed by atoms with Crippen molar-refractivity contribution in [2.75, 3.05) is 0 Å². The molecule has 0 spiro atoms. The maximum Gasteiger partial charge on any atom is 0.339 e. The molecule has 3 aromatic rings. The summed E-state index contributed by atoms with van der Waals surface area (Å²) in [7, 11) is -4.88. The van der Waals surface area contributed by atoms with E-state index in [4.69, 9.17) is 4.74 Å². The van der Waals surface area contributed by atoms with Gasteiger partial charge in [0.15, 0.2) is 0 Å². The molecule has 0 saturated carbocycles. The summed E-state index contributed by atoms with van der Waals surface area (Å²) in [5, 5.41) is 0. The smallest absolute Gasteiger partial charge is 0.339 e. The van der Waals surface area contributed by atoms with Crippen molar-refractivity contribution in [3.8, 4) is 11.5 Å². The second-order valence-electron chi connectivity index (χ2n) is 5.68. The molecule has 0 fully saturated rings. The second-order valence-corrected chi connectivity index (χ2v) is 7.23. The van der Waals surface area contributed by atoms with Crippen LogP contribution in [0, 0.1) is 29.1 Å². The van der Waals surface area contributed by atoms with Crippen LogP contribution in [0.15, 0.2) is 59.5 Å². The highest BCUT2D eigenvalue weighted by molar-refractivity contribution is 7.87. The molecule has 0 atom stereocenters. The zero-order chi connectivity index (χ0) is 21.2. The van der Waals surface area contributed by atoms with Crippen molar-refractivity contribution in [3.05, 3.63) is 89.2 Å². The Hall–Kier alpha value is -3.14. The lowest BCUT2D eigenvalue weighted by molar-refractivity contribution is 0.306. The van der Waals surface area contributed by atoms with Gasteiger partial charge in [-0.2, -0.15) is 17.2 Å². The molecule has 0 N–H and O–H groups in total. The van der Waals surface area contributed by atoms with Gasteiger partial charge in [-0.05, 0) is 29.8 Å². The van der Waals surface area contributed by atoms with E-state index in [1.165, 1.54) is 12.1 Å². The van der Waals surface area contributed by atoms with Crippen molar-refractivity contribution < 1.29 is 39.3 Å². The molecule has 29 heavy (non-hydrogen) atoms. The molecule has 0 unspecified atom stereocenters. The molecule has 3 rings (SSSR count). The first-order chi connectivity index (χ1) is 13.7. The van der Waals surface area contributed by atoms with Crippen LogP contribution in [-0.2, 0) is 16.7 Å². The van der Waals surface area contributed by atoms with Crippen LogP contribution in [0.25, 0.3) is 0 Å². The maximum atomic E-state index is 13.6. The summed E-state index contributed by atoms with van der Waals surface area (Å²) in [6, 6.07) is 13.6. The van der Waals surface area contributed by atoms with Gasteiger partial charge in [0.2, 0.25) is 34.8 Å². The third kappa shape index (κ3) is 4.32. The molecule has 0 aliphatic heterocycles. The Morgan fingerprint density at radius 1 is 0.690 bits per heavy atom. The van der Waals surface area contributed by atoms with Gasteiger partial charge in [0.05, 0.1) is 0 Å². The highest BCUT2D eigenvalue weighted by Gasteiger charge is 2.30. The molecule has 3 aromatic carbocycles. The average molecular weight is 430 g/mol. The van der Waals surface area contributed by atoms with Crippen molar-refractivity contribution in [2.24, 2.45) is 0 Å². The topological polar surface area (TPSA) is 52.6 Å². The first-order valence-electron chi connectivity index (χ1n) is 7.93. The standard InChI is InChI=1S/C19H11F5O4S/c20-14-15(21)17(23)19(18(24)16(14)22)28-29(25,26)13-8-6-12(7-9-13)27-10-11-4-2-1-3-5-11/h1-9H,10H2. The number of ether oxygens (including phenoxy) is 1. The fourth-order valence-electron chi connectivity index (χ4n) is 2.26. The first kappa shape index (κ1) is 20.6. The Balaban J connectivity index is 1.80. The zero-order valence-electron chi connectivity index (χ0n) is 14.3. The molecular formula is C19H11F5O4S. The van der Waals surface area contributed by atoms with Crippen LogP contribution in [0.3, 0.4) is 0 Å². The van der Waals surface area contributed by atoms with E-state index in [-0.39, 0.29) is 12.4 Å². The molecule has 152 valence electrons. The molecule has 0 aromatic heterocycles. The number of hydrogen-bond donors (Lipinski definition) is 0. The number of halogens is 5. The molecular weight excluding hydrogens is 419 g/mol. The molecule has 0 aliphatic rings. The largest absolute Gasteiger partial charge is 0.489 e. The zero-order valence-corrected chi connectivity index (χ0v) is 15.2. The Kier molecular flexibility index (Phi) is 5.73. The Labute approximate surface area is 162 Å². The monoisotopic (exact) mass is 430 g/mol. The van der Waals surface area contributed by atoms with Gasteiger partial charge in [0.1, 0.15) is 17.3 Å². The maximum absolute atomic E-state index is 13.6. The van der Waals surface area contributed by atoms with Gasteiger partial charge in [-0.15, -0.1) is 0 Å². The van der Waals surface area contributed by atoms with Gasteiger partial charge in [-0.3, -0.25) is 0 Å². The molecule has 10 heteroatoms. The third-order valence-corrected chi connectivity index (χ3v) is 4.96. The predicted molar refractivity (Wildman–Crippen MR) is 91.3 cm³/mol. The van der Waals surface area contributed by atoms with Crippen LogP contribution in [-0.4, -0.2) is 8.42 Å². The minimum absolute atomic E-state index is 0.202. The van der Waals surface area contributed by atoms with Gasteiger partial charge in [0, 0.05) is 0 Å². The average Bonchev–Trinajstić information content (AvgIpc) is 2.73. The van der Waals surface area contributed by atoms with E-state index in [0.29, 0.717) is 0 Å². The van der Waals surface area contributed by atoms with Crippen LogP contribution >= 0.6 is 0 Å². The number of hydrogen-bond acceptors (Lipinski definition) is 4. The van der Waals surface area contributed by atoms with E-state index < -0.39 is 49.8 Å². The van der Waals surface area contributed by atoms with Gasteiger partial charge in [0.25, 0.3) is 0 Å². The minimum atomic E-state index is -4.88. The lowest BCUT2D eigenvalue weighted by Crippen LogP contribution is -2.14. The summed E-state index contributed by atoms with van der Waals surface area (Å²) < 4.78 is 101. The Bertz CT molecular complexity index is 1100. The summed E-state index contributed by atoms with van der Waals surface area (Å²) in [6.07, 6.45) is 0. The van der Waals surface area contributed by atoms with Gasteiger partial charge >= 0.3 is 10.1 Å². The normalized spacial score (nSPS) is 11.3. The van der Waals surface area contributed by atoms with Crippen molar-refractivity contribution >= 4 is 10.1 Å². The fourth-order valence-corrected chi connectivity index (χ4v) is 3.19. The first-order valence-corrected chi connectivity index (χ1v) is 9.34. The summed E-state index contributed by atoms with van der Waals surface area (Å²) in [5.41, 5.74) is 0.860. The molecule has 0 amide bonds. The lowest BCUT2D eigenvalue weighted by atomic mass is 10.2. The van der Waals surface area contributed by atoms with Crippen LogP contribution in [0.1, 0.15) is 5.56 Å². The van der Waals surface area contributed by atoms with Crippen LogP contribution in [0.4, 0.5) is 22.0 Å². The van der Waals surface area contributed by atoms with Gasteiger partial charge < -0.3 is 8.92 Å². The van der Waals surface area contributed by atoms with E-state index in [0.717, 1.165) is 17.7 Å². The fraction of sp³-hybridized carbons (Fsp3) is 0.0526. The minimum Gasteiger partial charge on any atom is -0.489 e. The van der Waals surface area contributed by atoms with E-state index in [2.05, 4.69) is 4.18 Å². The molecule has 0 aliphatic carbocycles. The Morgan fingerprint density at radius 2 is 1.21 bits per heavy atom. The number of rotatable bonds is 6. The second kappa shape index (κ2) is 8.08. The quantitative estimate of drug-likeness (QED) is 0.246.